The predicted octanol–water partition coefficient (Wildman–Crippen LogP) is 1.72. The van der Waals surface area contributed by atoms with E-state index in [0.29, 0.717) is 0 Å². The SMILES string of the molecule is CCN(C)CCNCC1CCCC1. The first-order chi connectivity index (χ1) is 6.33. The fraction of sp³-hybridized carbons (Fsp3) is 1.00. The quantitative estimate of drug-likeness (QED) is 0.632. The highest BCUT2D eigenvalue weighted by atomic mass is 15.1. The molecule has 1 aliphatic carbocycles. The third kappa shape index (κ3) is 4.63. The van der Waals surface area contributed by atoms with Gasteiger partial charge < -0.3 is 10.2 Å². The minimum Gasteiger partial charge on any atom is -0.315 e. The molecule has 0 aromatic rings. The van der Waals surface area contributed by atoms with Crippen molar-refractivity contribution in [3.8, 4) is 0 Å². The molecule has 1 saturated carbocycles. The predicted molar refractivity (Wildman–Crippen MR) is 58.0 cm³/mol. The standard InChI is InChI=1S/C11H24N2/c1-3-13(2)9-8-12-10-11-6-4-5-7-11/h11-12H,3-10H2,1-2H3. The highest BCUT2D eigenvalue weighted by molar-refractivity contribution is 4.69. The van der Waals surface area contributed by atoms with E-state index in [1.54, 1.807) is 0 Å². The van der Waals surface area contributed by atoms with E-state index in [1.165, 1.54) is 38.8 Å². The lowest BCUT2D eigenvalue weighted by Crippen LogP contribution is -2.31. The van der Waals surface area contributed by atoms with Crippen LogP contribution in [0.2, 0.25) is 0 Å². The van der Waals surface area contributed by atoms with Gasteiger partial charge in [0.25, 0.3) is 0 Å². The molecule has 2 heteroatoms. The largest absolute Gasteiger partial charge is 0.315 e. The summed E-state index contributed by atoms with van der Waals surface area (Å²) in [6.45, 7) is 6.95. The van der Waals surface area contributed by atoms with Gasteiger partial charge in [-0.05, 0) is 38.9 Å². The van der Waals surface area contributed by atoms with Gasteiger partial charge in [-0.25, -0.2) is 0 Å². The van der Waals surface area contributed by atoms with Crippen LogP contribution in [-0.2, 0) is 0 Å². The zero-order chi connectivity index (χ0) is 9.52. The Labute approximate surface area is 82.7 Å². The second-order valence-corrected chi connectivity index (χ2v) is 4.25. The van der Waals surface area contributed by atoms with Gasteiger partial charge in [-0.15, -0.1) is 0 Å². The molecule has 0 atom stereocenters. The lowest BCUT2D eigenvalue weighted by molar-refractivity contribution is 0.342. The van der Waals surface area contributed by atoms with Crippen LogP contribution in [0.3, 0.4) is 0 Å². The van der Waals surface area contributed by atoms with E-state index in [2.05, 4.69) is 24.2 Å². The van der Waals surface area contributed by atoms with Crippen molar-refractivity contribution in [1.82, 2.24) is 10.2 Å². The number of hydrogen-bond acceptors (Lipinski definition) is 2. The highest BCUT2D eigenvalue weighted by Crippen LogP contribution is 2.23. The molecule has 13 heavy (non-hydrogen) atoms. The molecule has 1 N–H and O–H groups in total. The van der Waals surface area contributed by atoms with Crippen molar-refractivity contribution in [2.45, 2.75) is 32.6 Å². The summed E-state index contributed by atoms with van der Waals surface area (Å²) in [4.78, 5) is 2.35. The molecule has 0 unspecified atom stereocenters. The number of rotatable bonds is 6. The maximum atomic E-state index is 3.55. The van der Waals surface area contributed by atoms with Gasteiger partial charge in [-0.3, -0.25) is 0 Å². The molecular formula is C11H24N2. The van der Waals surface area contributed by atoms with E-state index in [9.17, 15) is 0 Å². The Kier molecular flexibility index (Phi) is 5.40. The minimum atomic E-state index is 0.979. The summed E-state index contributed by atoms with van der Waals surface area (Å²) in [6.07, 6.45) is 5.83. The third-order valence-electron chi connectivity index (χ3n) is 3.12. The number of likely N-dealkylation sites (N-methyl/N-ethyl adjacent to an activating group) is 1. The van der Waals surface area contributed by atoms with E-state index in [1.807, 2.05) is 0 Å². The van der Waals surface area contributed by atoms with Crippen LogP contribution in [0.25, 0.3) is 0 Å². The zero-order valence-corrected chi connectivity index (χ0v) is 9.18. The molecule has 0 aliphatic heterocycles. The van der Waals surface area contributed by atoms with Crippen molar-refractivity contribution >= 4 is 0 Å². The lowest BCUT2D eigenvalue weighted by Gasteiger charge is -2.15. The Morgan fingerprint density at radius 2 is 2.00 bits per heavy atom. The van der Waals surface area contributed by atoms with Crippen LogP contribution in [0.4, 0.5) is 0 Å². The van der Waals surface area contributed by atoms with Gasteiger partial charge in [0.2, 0.25) is 0 Å². The first-order valence-electron chi connectivity index (χ1n) is 5.72. The van der Waals surface area contributed by atoms with Gasteiger partial charge >= 0.3 is 0 Å². The molecule has 1 aliphatic rings. The van der Waals surface area contributed by atoms with E-state index in [4.69, 9.17) is 0 Å². The van der Waals surface area contributed by atoms with Crippen LogP contribution in [-0.4, -0.2) is 38.1 Å². The monoisotopic (exact) mass is 184 g/mol. The fourth-order valence-electron chi connectivity index (χ4n) is 1.95. The van der Waals surface area contributed by atoms with Gasteiger partial charge in [0.05, 0.1) is 0 Å². The van der Waals surface area contributed by atoms with Gasteiger partial charge in [0.15, 0.2) is 0 Å². The van der Waals surface area contributed by atoms with E-state index >= 15 is 0 Å². The van der Waals surface area contributed by atoms with E-state index in [0.717, 1.165) is 19.0 Å². The molecule has 0 saturated heterocycles. The summed E-state index contributed by atoms with van der Waals surface area (Å²) in [6, 6.07) is 0. The van der Waals surface area contributed by atoms with Crippen molar-refractivity contribution in [2.75, 3.05) is 33.2 Å². The highest BCUT2D eigenvalue weighted by Gasteiger charge is 2.13. The minimum absolute atomic E-state index is 0.979. The normalized spacial score (nSPS) is 18.7. The van der Waals surface area contributed by atoms with Crippen molar-refractivity contribution in [1.29, 1.82) is 0 Å². The Bertz CT molecular complexity index is 119. The van der Waals surface area contributed by atoms with E-state index < -0.39 is 0 Å². The molecule has 0 aromatic carbocycles. The molecule has 78 valence electrons. The summed E-state index contributed by atoms with van der Waals surface area (Å²) in [5, 5.41) is 3.55. The maximum Gasteiger partial charge on any atom is 0.0104 e. The maximum absolute atomic E-state index is 3.55. The van der Waals surface area contributed by atoms with Crippen molar-refractivity contribution in [3.63, 3.8) is 0 Å². The lowest BCUT2D eigenvalue weighted by atomic mass is 10.1. The summed E-state index contributed by atoms with van der Waals surface area (Å²) >= 11 is 0. The summed E-state index contributed by atoms with van der Waals surface area (Å²) < 4.78 is 0. The van der Waals surface area contributed by atoms with Crippen molar-refractivity contribution in [2.24, 2.45) is 5.92 Å². The number of nitrogens with one attached hydrogen (secondary N) is 1. The van der Waals surface area contributed by atoms with Crippen LogP contribution < -0.4 is 5.32 Å². The van der Waals surface area contributed by atoms with Gasteiger partial charge in [0, 0.05) is 13.1 Å². The van der Waals surface area contributed by atoms with Crippen LogP contribution in [0.1, 0.15) is 32.6 Å². The fourth-order valence-corrected chi connectivity index (χ4v) is 1.95. The van der Waals surface area contributed by atoms with Crippen molar-refractivity contribution < 1.29 is 0 Å². The first kappa shape index (κ1) is 11.0. The van der Waals surface area contributed by atoms with Crippen LogP contribution in [0, 0.1) is 5.92 Å². The van der Waals surface area contributed by atoms with Gasteiger partial charge in [-0.1, -0.05) is 19.8 Å². The second kappa shape index (κ2) is 6.39. The van der Waals surface area contributed by atoms with E-state index in [-0.39, 0.29) is 0 Å². The molecular weight excluding hydrogens is 160 g/mol. The molecule has 2 nitrogen and oxygen atoms in total. The summed E-state index contributed by atoms with van der Waals surface area (Å²) in [5.74, 6) is 0.979. The Hall–Kier alpha value is -0.0800. The molecule has 0 aromatic heterocycles. The average molecular weight is 184 g/mol. The summed E-state index contributed by atoms with van der Waals surface area (Å²) in [7, 11) is 2.18. The Balaban J connectivity index is 1.88. The smallest absolute Gasteiger partial charge is 0.0104 e. The number of hydrogen-bond donors (Lipinski definition) is 1. The molecule has 0 heterocycles. The molecule has 0 amide bonds. The number of nitrogens with zero attached hydrogens (tertiary/aromatic N) is 1. The first-order valence-corrected chi connectivity index (χ1v) is 5.72. The molecule has 0 spiro atoms. The Morgan fingerprint density at radius 3 is 2.62 bits per heavy atom. The summed E-state index contributed by atoms with van der Waals surface area (Å²) in [5.41, 5.74) is 0. The van der Waals surface area contributed by atoms with Gasteiger partial charge in [0.1, 0.15) is 0 Å². The molecule has 0 bridgehead atoms. The third-order valence-corrected chi connectivity index (χ3v) is 3.12. The Morgan fingerprint density at radius 1 is 1.31 bits per heavy atom. The molecule has 0 radical (unpaired) electrons. The van der Waals surface area contributed by atoms with Crippen molar-refractivity contribution in [3.05, 3.63) is 0 Å². The van der Waals surface area contributed by atoms with Crippen LogP contribution in [0.5, 0.6) is 0 Å². The van der Waals surface area contributed by atoms with Gasteiger partial charge in [-0.2, -0.15) is 0 Å². The average Bonchev–Trinajstić information content (AvgIpc) is 2.64. The topological polar surface area (TPSA) is 15.3 Å². The molecule has 1 rings (SSSR count). The van der Waals surface area contributed by atoms with Crippen LogP contribution >= 0.6 is 0 Å². The second-order valence-electron chi connectivity index (χ2n) is 4.25. The van der Waals surface area contributed by atoms with Crippen LogP contribution in [0.15, 0.2) is 0 Å². The zero-order valence-electron chi connectivity index (χ0n) is 9.18. The molecule has 1 fully saturated rings.